The lowest BCUT2D eigenvalue weighted by Gasteiger charge is -2.47. The van der Waals surface area contributed by atoms with E-state index in [1.165, 1.54) is 24.9 Å². The summed E-state index contributed by atoms with van der Waals surface area (Å²) >= 11 is 0. The number of rotatable bonds is 4. The second-order valence-corrected chi connectivity index (χ2v) is 8.46. The number of para-hydroxylation sites is 1. The Hall–Kier alpha value is -1.55. The van der Waals surface area contributed by atoms with Gasteiger partial charge in [0, 0.05) is 46.1 Å². The van der Waals surface area contributed by atoms with Gasteiger partial charge >= 0.3 is 0 Å². The number of piperidine rings is 1. The van der Waals surface area contributed by atoms with Crippen LogP contribution in [0.25, 0.3) is 0 Å². The van der Waals surface area contributed by atoms with Gasteiger partial charge in [0.1, 0.15) is 11.4 Å². The number of likely N-dealkylation sites (tertiary alicyclic amines) is 1. The molecule has 1 spiro atoms. The third-order valence-corrected chi connectivity index (χ3v) is 6.20. The summed E-state index contributed by atoms with van der Waals surface area (Å²) in [5.74, 6) is 2.44. The zero-order valence-corrected chi connectivity index (χ0v) is 15.5. The molecule has 1 amide bonds. The maximum absolute atomic E-state index is 12.3. The Morgan fingerprint density at radius 1 is 1.24 bits per heavy atom. The van der Waals surface area contributed by atoms with Crippen LogP contribution in [-0.2, 0) is 4.79 Å². The van der Waals surface area contributed by atoms with Crippen molar-refractivity contribution in [1.82, 2.24) is 9.80 Å². The summed E-state index contributed by atoms with van der Waals surface area (Å²) in [7, 11) is 3.69. The quantitative estimate of drug-likeness (QED) is 0.842. The minimum atomic E-state index is -0.0777. The molecule has 25 heavy (non-hydrogen) atoms. The maximum atomic E-state index is 12.3. The molecule has 1 aromatic rings. The van der Waals surface area contributed by atoms with Gasteiger partial charge in [-0.1, -0.05) is 18.2 Å². The summed E-state index contributed by atoms with van der Waals surface area (Å²) in [6.07, 6.45) is 6.56. The van der Waals surface area contributed by atoms with Crippen LogP contribution in [0.15, 0.2) is 24.3 Å². The number of carbonyl (C=O) groups is 1. The molecule has 1 saturated carbocycles. The number of carbonyl (C=O) groups excluding carboxylic acids is 1. The van der Waals surface area contributed by atoms with Gasteiger partial charge < -0.3 is 14.5 Å². The Balaban J connectivity index is 1.50. The van der Waals surface area contributed by atoms with Crippen LogP contribution in [0.4, 0.5) is 0 Å². The second-order valence-electron chi connectivity index (χ2n) is 8.46. The molecule has 1 atom stereocenters. The first-order chi connectivity index (χ1) is 12.0. The summed E-state index contributed by atoms with van der Waals surface area (Å²) in [5, 5.41) is 0. The minimum Gasteiger partial charge on any atom is -0.487 e. The van der Waals surface area contributed by atoms with E-state index in [-0.39, 0.29) is 17.4 Å². The van der Waals surface area contributed by atoms with Crippen LogP contribution < -0.4 is 4.74 Å². The standard InChI is InChI=1S/C21H30N2O2/c1-22(2)20(24)13-17-14-21(25-19-6-4-3-5-18(17)19)9-11-23(12-10-21)15-16-7-8-16/h3-6,16-17H,7-15H2,1-2H3. The van der Waals surface area contributed by atoms with Crippen LogP contribution in [0.1, 0.15) is 50.0 Å². The lowest BCUT2D eigenvalue weighted by molar-refractivity contribution is -0.129. The van der Waals surface area contributed by atoms with E-state index in [2.05, 4.69) is 23.1 Å². The van der Waals surface area contributed by atoms with Crippen molar-refractivity contribution < 1.29 is 9.53 Å². The van der Waals surface area contributed by atoms with Crippen molar-refractivity contribution in [1.29, 1.82) is 0 Å². The molecular formula is C21H30N2O2. The highest BCUT2D eigenvalue weighted by Gasteiger charge is 2.44. The maximum Gasteiger partial charge on any atom is 0.222 e. The summed E-state index contributed by atoms with van der Waals surface area (Å²) in [6.45, 7) is 3.54. The van der Waals surface area contributed by atoms with Crippen LogP contribution in [0.3, 0.4) is 0 Å². The van der Waals surface area contributed by atoms with Gasteiger partial charge in [-0.3, -0.25) is 4.79 Å². The number of ether oxygens (including phenoxy) is 1. The van der Waals surface area contributed by atoms with E-state index in [1.807, 2.05) is 20.2 Å². The van der Waals surface area contributed by atoms with Gasteiger partial charge in [0.25, 0.3) is 0 Å². The van der Waals surface area contributed by atoms with Crippen molar-refractivity contribution in [3.8, 4) is 5.75 Å². The number of benzene rings is 1. The molecule has 1 saturated heterocycles. The predicted molar refractivity (Wildman–Crippen MR) is 98.9 cm³/mol. The fourth-order valence-electron chi connectivity index (χ4n) is 4.44. The first kappa shape index (κ1) is 16.9. The van der Waals surface area contributed by atoms with E-state index in [1.54, 1.807) is 4.90 Å². The topological polar surface area (TPSA) is 32.8 Å². The van der Waals surface area contributed by atoms with Crippen LogP contribution in [0, 0.1) is 5.92 Å². The Kier molecular flexibility index (Phi) is 4.48. The van der Waals surface area contributed by atoms with Crippen molar-refractivity contribution in [2.24, 2.45) is 5.92 Å². The molecule has 0 radical (unpaired) electrons. The van der Waals surface area contributed by atoms with Crippen molar-refractivity contribution in [3.05, 3.63) is 29.8 Å². The third-order valence-electron chi connectivity index (χ3n) is 6.20. The first-order valence-corrected chi connectivity index (χ1v) is 9.75. The summed E-state index contributed by atoms with van der Waals surface area (Å²) < 4.78 is 6.55. The molecule has 2 aliphatic heterocycles. The van der Waals surface area contributed by atoms with Crippen molar-refractivity contribution in [2.45, 2.75) is 50.0 Å². The molecule has 4 rings (SSSR count). The molecule has 0 bridgehead atoms. The fourth-order valence-corrected chi connectivity index (χ4v) is 4.44. The lowest BCUT2D eigenvalue weighted by Crippen LogP contribution is -2.51. The Labute approximate surface area is 151 Å². The number of hydrogen-bond donors (Lipinski definition) is 0. The summed E-state index contributed by atoms with van der Waals surface area (Å²) in [4.78, 5) is 16.7. The molecule has 3 aliphatic rings. The number of nitrogens with zero attached hydrogens (tertiary/aromatic N) is 2. The van der Waals surface area contributed by atoms with Gasteiger partial charge in [0.15, 0.2) is 0 Å². The van der Waals surface area contributed by atoms with Gasteiger partial charge in [0.05, 0.1) is 0 Å². The molecule has 4 heteroatoms. The summed E-state index contributed by atoms with van der Waals surface area (Å²) in [6, 6.07) is 8.33. The normalized spacial score (nSPS) is 25.3. The van der Waals surface area contributed by atoms with E-state index in [0.717, 1.165) is 44.0 Å². The van der Waals surface area contributed by atoms with Gasteiger partial charge in [-0.05, 0) is 49.7 Å². The number of fused-ring (bicyclic) bond motifs is 1. The Bertz CT molecular complexity index is 631. The minimum absolute atomic E-state index is 0.0777. The average Bonchev–Trinajstić information content (AvgIpc) is 3.41. The molecular weight excluding hydrogens is 312 g/mol. The third kappa shape index (κ3) is 3.69. The van der Waals surface area contributed by atoms with E-state index in [0.29, 0.717) is 6.42 Å². The van der Waals surface area contributed by atoms with Crippen LogP contribution in [0.5, 0.6) is 5.75 Å². The first-order valence-electron chi connectivity index (χ1n) is 9.75. The van der Waals surface area contributed by atoms with Gasteiger partial charge in [-0.15, -0.1) is 0 Å². The smallest absolute Gasteiger partial charge is 0.222 e. The number of amides is 1. The monoisotopic (exact) mass is 342 g/mol. The molecule has 1 aromatic carbocycles. The average molecular weight is 342 g/mol. The highest BCUT2D eigenvalue weighted by atomic mass is 16.5. The molecule has 136 valence electrons. The predicted octanol–water partition coefficient (Wildman–Crippen LogP) is 3.28. The van der Waals surface area contributed by atoms with Gasteiger partial charge in [-0.25, -0.2) is 0 Å². The molecule has 0 N–H and O–H groups in total. The molecule has 4 nitrogen and oxygen atoms in total. The summed E-state index contributed by atoms with van der Waals surface area (Å²) in [5.41, 5.74) is 1.13. The van der Waals surface area contributed by atoms with Crippen LogP contribution in [-0.4, -0.2) is 55.0 Å². The number of hydrogen-bond acceptors (Lipinski definition) is 3. The highest BCUT2D eigenvalue weighted by Crippen LogP contribution is 2.47. The molecule has 1 aliphatic carbocycles. The van der Waals surface area contributed by atoms with Crippen LogP contribution >= 0.6 is 0 Å². The Morgan fingerprint density at radius 3 is 2.64 bits per heavy atom. The molecule has 2 fully saturated rings. The van der Waals surface area contributed by atoms with E-state index >= 15 is 0 Å². The van der Waals surface area contributed by atoms with E-state index in [4.69, 9.17) is 4.74 Å². The molecule has 0 aromatic heterocycles. The van der Waals surface area contributed by atoms with Gasteiger partial charge in [0.2, 0.25) is 5.91 Å². The second kappa shape index (κ2) is 6.64. The van der Waals surface area contributed by atoms with Crippen molar-refractivity contribution in [3.63, 3.8) is 0 Å². The lowest BCUT2D eigenvalue weighted by atomic mass is 9.76. The zero-order valence-electron chi connectivity index (χ0n) is 15.5. The zero-order chi connectivity index (χ0) is 17.4. The van der Waals surface area contributed by atoms with E-state index < -0.39 is 0 Å². The van der Waals surface area contributed by atoms with Gasteiger partial charge in [-0.2, -0.15) is 0 Å². The Morgan fingerprint density at radius 2 is 1.96 bits per heavy atom. The van der Waals surface area contributed by atoms with E-state index in [9.17, 15) is 4.79 Å². The molecule has 1 unspecified atom stereocenters. The van der Waals surface area contributed by atoms with Crippen molar-refractivity contribution >= 4 is 5.91 Å². The van der Waals surface area contributed by atoms with Crippen molar-refractivity contribution in [2.75, 3.05) is 33.7 Å². The SMILES string of the molecule is CN(C)C(=O)CC1CC2(CCN(CC3CC3)CC2)Oc2ccccc21. The molecule has 2 heterocycles. The van der Waals surface area contributed by atoms with Crippen LogP contribution in [0.2, 0.25) is 0 Å². The highest BCUT2D eigenvalue weighted by molar-refractivity contribution is 5.76. The largest absolute Gasteiger partial charge is 0.487 e. The fraction of sp³-hybridized carbons (Fsp3) is 0.667.